The summed E-state index contributed by atoms with van der Waals surface area (Å²) in [6.45, 7) is 2.36. The molecule has 0 spiro atoms. The third-order valence-corrected chi connectivity index (χ3v) is 1.89. The Hall–Kier alpha value is -0.0600. The quantitative estimate of drug-likeness (QED) is 0.430. The average Bonchev–Trinajstić information content (AvgIpc) is 2.50. The molecular weight excluding hydrogens is 210 g/mol. The molecule has 1 rings (SSSR count). The Morgan fingerprint density at radius 3 is 3.18 bits per heavy atom. The van der Waals surface area contributed by atoms with E-state index >= 15 is 0 Å². The highest BCUT2D eigenvalue weighted by atomic mass is 79.9. The lowest BCUT2D eigenvalue weighted by atomic mass is 10.4. The molecular formula is C7H12BrNO2. The molecule has 11 heavy (non-hydrogen) atoms. The Morgan fingerprint density at radius 1 is 1.64 bits per heavy atom. The smallest absolute Gasteiger partial charge is 0.154 e. The summed E-state index contributed by atoms with van der Waals surface area (Å²) in [7, 11) is 0. The summed E-state index contributed by atoms with van der Waals surface area (Å²) >= 11 is 3.35. The van der Waals surface area contributed by atoms with Crippen molar-refractivity contribution in [3.63, 3.8) is 0 Å². The predicted molar refractivity (Wildman–Crippen MR) is 46.4 cm³/mol. The SMILES string of the molecule is BrCCCNCC1=CCOO1. The molecule has 0 aliphatic carbocycles. The van der Waals surface area contributed by atoms with Crippen LogP contribution in [0.15, 0.2) is 11.8 Å². The van der Waals surface area contributed by atoms with Crippen molar-refractivity contribution in [1.29, 1.82) is 0 Å². The van der Waals surface area contributed by atoms with E-state index in [4.69, 9.17) is 4.89 Å². The minimum Gasteiger partial charge on any atom is -0.341 e. The van der Waals surface area contributed by atoms with Gasteiger partial charge in [-0.15, -0.1) is 0 Å². The average molecular weight is 222 g/mol. The van der Waals surface area contributed by atoms with Crippen molar-refractivity contribution < 1.29 is 9.78 Å². The van der Waals surface area contributed by atoms with Crippen molar-refractivity contribution in [2.75, 3.05) is 25.0 Å². The number of hydrogen-bond acceptors (Lipinski definition) is 3. The number of alkyl halides is 1. The molecule has 64 valence electrons. The van der Waals surface area contributed by atoms with Crippen LogP contribution >= 0.6 is 15.9 Å². The van der Waals surface area contributed by atoms with Crippen molar-refractivity contribution in [3.05, 3.63) is 11.8 Å². The van der Waals surface area contributed by atoms with Crippen LogP contribution in [0.25, 0.3) is 0 Å². The molecule has 0 fully saturated rings. The molecule has 0 aromatic rings. The Kier molecular flexibility index (Phi) is 4.58. The monoisotopic (exact) mass is 221 g/mol. The summed E-state index contributed by atoms with van der Waals surface area (Å²) in [4.78, 5) is 9.49. The molecule has 1 aliphatic rings. The van der Waals surface area contributed by atoms with E-state index in [0.29, 0.717) is 6.61 Å². The maximum atomic E-state index is 4.82. The van der Waals surface area contributed by atoms with E-state index in [2.05, 4.69) is 26.1 Å². The zero-order chi connectivity index (χ0) is 7.94. The van der Waals surface area contributed by atoms with E-state index < -0.39 is 0 Å². The molecule has 0 bridgehead atoms. The van der Waals surface area contributed by atoms with Gasteiger partial charge >= 0.3 is 0 Å². The fraction of sp³-hybridized carbons (Fsp3) is 0.714. The fourth-order valence-corrected chi connectivity index (χ4v) is 1.06. The van der Waals surface area contributed by atoms with Gasteiger partial charge < -0.3 is 10.2 Å². The van der Waals surface area contributed by atoms with Crippen LogP contribution in [0.2, 0.25) is 0 Å². The van der Waals surface area contributed by atoms with Gasteiger partial charge in [-0.1, -0.05) is 15.9 Å². The Labute approximate surface area is 74.8 Å². The van der Waals surface area contributed by atoms with Gasteiger partial charge in [-0.05, 0) is 19.0 Å². The van der Waals surface area contributed by atoms with E-state index in [9.17, 15) is 0 Å². The number of rotatable bonds is 5. The predicted octanol–water partition coefficient (Wildman–Crippen LogP) is 1.21. The third kappa shape index (κ3) is 3.74. The zero-order valence-electron chi connectivity index (χ0n) is 6.31. The van der Waals surface area contributed by atoms with Crippen molar-refractivity contribution in [3.8, 4) is 0 Å². The lowest BCUT2D eigenvalue weighted by Crippen LogP contribution is -2.18. The molecule has 0 saturated carbocycles. The number of nitrogens with one attached hydrogen (secondary N) is 1. The first-order valence-electron chi connectivity index (χ1n) is 3.68. The first-order valence-corrected chi connectivity index (χ1v) is 4.81. The maximum Gasteiger partial charge on any atom is 0.154 e. The second kappa shape index (κ2) is 5.57. The van der Waals surface area contributed by atoms with Crippen molar-refractivity contribution in [2.24, 2.45) is 0 Å². The molecule has 0 atom stereocenters. The van der Waals surface area contributed by atoms with Crippen LogP contribution in [0.1, 0.15) is 6.42 Å². The first-order chi connectivity index (χ1) is 5.43. The molecule has 0 unspecified atom stereocenters. The van der Waals surface area contributed by atoms with Crippen LogP contribution in [-0.4, -0.2) is 25.0 Å². The van der Waals surface area contributed by atoms with Crippen LogP contribution in [0.4, 0.5) is 0 Å². The molecule has 0 aromatic carbocycles. The second-order valence-electron chi connectivity index (χ2n) is 2.26. The summed E-state index contributed by atoms with van der Waals surface area (Å²) in [5.74, 6) is 0.888. The van der Waals surface area contributed by atoms with E-state index in [-0.39, 0.29) is 0 Å². The topological polar surface area (TPSA) is 30.5 Å². The van der Waals surface area contributed by atoms with Gasteiger partial charge in [0.25, 0.3) is 0 Å². The minimum atomic E-state index is 0.579. The molecule has 0 aromatic heterocycles. The second-order valence-corrected chi connectivity index (χ2v) is 3.05. The summed E-state index contributed by atoms with van der Waals surface area (Å²) in [5, 5.41) is 4.26. The highest BCUT2D eigenvalue weighted by Gasteiger charge is 2.04. The van der Waals surface area contributed by atoms with Crippen molar-refractivity contribution in [2.45, 2.75) is 6.42 Å². The summed E-state index contributed by atoms with van der Waals surface area (Å²) in [6.07, 6.45) is 3.06. The van der Waals surface area contributed by atoms with Gasteiger partial charge in [-0.3, -0.25) is 0 Å². The lowest BCUT2D eigenvalue weighted by molar-refractivity contribution is -0.234. The lowest BCUT2D eigenvalue weighted by Gasteiger charge is -2.02. The van der Waals surface area contributed by atoms with Gasteiger partial charge in [-0.2, -0.15) is 4.89 Å². The van der Waals surface area contributed by atoms with Gasteiger partial charge in [0.2, 0.25) is 0 Å². The van der Waals surface area contributed by atoms with Gasteiger partial charge in [0.05, 0.1) is 6.54 Å². The molecule has 1 heterocycles. The van der Waals surface area contributed by atoms with Crippen LogP contribution in [0, 0.1) is 0 Å². The van der Waals surface area contributed by atoms with Gasteiger partial charge in [0.1, 0.15) is 6.61 Å². The summed E-state index contributed by atoms with van der Waals surface area (Å²) in [5.41, 5.74) is 0. The molecule has 0 radical (unpaired) electrons. The number of hydrogen-bond donors (Lipinski definition) is 1. The van der Waals surface area contributed by atoms with Crippen LogP contribution < -0.4 is 5.32 Å². The Morgan fingerprint density at radius 2 is 2.55 bits per heavy atom. The Balaban J connectivity index is 1.94. The van der Waals surface area contributed by atoms with Gasteiger partial charge in [-0.25, -0.2) is 0 Å². The van der Waals surface area contributed by atoms with Crippen LogP contribution in [0.5, 0.6) is 0 Å². The van der Waals surface area contributed by atoms with Crippen LogP contribution in [-0.2, 0) is 9.78 Å². The molecule has 0 amide bonds. The first kappa shape index (κ1) is 9.03. The molecule has 0 saturated heterocycles. The fourth-order valence-electron chi connectivity index (χ4n) is 0.776. The molecule has 3 nitrogen and oxygen atoms in total. The normalized spacial score (nSPS) is 16.3. The third-order valence-electron chi connectivity index (χ3n) is 1.33. The maximum absolute atomic E-state index is 4.82. The van der Waals surface area contributed by atoms with E-state index in [1.807, 2.05) is 6.08 Å². The van der Waals surface area contributed by atoms with E-state index in [0.717, 1.165) is 30.6 Å². The zero-order valence-corrected chi connectivity index (χ0v) is 7.89. The largest absolute Gasteiger partial charge is 0.341 e. The highest BCUT2D eigenvalue weighted by molar-refractivity contribution is 9.09. The van der Waals surface area contributed by atoms with Crippen LogP contribution in [0.3, 0.4) is 0 Å². The molecule has 4 heteroatoms. The molecule has 1 N–H and O–H groups in total. The van der Waals surface area contributed by atoms with E-state index in [1.54, 1.807) is 0 Å². The molecule has 1 aliphatic heterocycles. The number of halogens is 1. The van der Waals surface area contributed by atoms with Crippen molar-refractivity contribution in [1.82, 2.24) is 5.32 Å². The van der Waals surface area contributed by atoms with Gasteiger partial charge in [0.15, 0.2) is 5.76 Å². The highest BCUT2D eigenvalue weighted by Crippen LogP contribution is 2.03. The Bertz CT molecular complexity index is 138. The van der Waals surface area contributed by atoms with Crippen molar-refractivity contribution >= 4 is 15.9 Å². The van der Waals surface area contributed by atoms with Gasteiger partial charge in [0, 0.05) is 5.33 Å². The standard InChI is InChI=1S/C7H12BrNO2/c8-3-1-4-9-6-7-2-5-10-11-7/h2,9H,1,3-6H2. The minimum absolute atomic E-state index is 0.579. The van der Waals surface area contributed by atoms with E-state index in [1.165, 1.54) is 0 Å². The summed E-state index contributed by atoms with van der Waals surface area (Å²) < 4.78 is 0. The summed E-state index contributed by atoms with van der Waals surface area (Å²) in [6, 6.07) is 0.